The molecule has 1 aliphatic heterocycles. The van der Waals surface area contributed by atoms with Crippen molar-refractivity contribution in [2.75, 3.05) is 25.1 Å². The highest BCUT2D eigenvalue weighted by molar-refractivity contribution is 9.12. The SMILES string of the molecule is CCCOC(=O)c1ccc(NC(=O)COC(=O)CN2C(=O)[C@@H]3[C@H]4C[C@@H]([C@H](Br)[C@H]4Br)[C@H]3C2=O)cc1. The zero-order valence-electron chi connectivity index (χ0n) is 18.4. The third kappa shape index (κ3) is 4.64. The summed E-state index contributed by atoms with van der Waals surface area (Å²) in [5.41, 5.74) is 0.767. The number of nitrogens with one attached hydrogen (secondary N) is 1. The van der Waals surface area contributed by atoms with Crippen LogP contribution in [0.15, 0.2) is 24.3 Å². The molecule has 1 aromatic carbocycles. The van der Waals surface area contributed by atoms with E-state index in [1.807, 2.05) is 6.92 Å². The average molecular weight is 600 g/mol. The first-order valence-corrected chi connectivity index (χ1v) is 12.9. The normalized spacial score (nSPS) is 29.2. The summed E-state index contributed by atoms with van der Waals surface area (Å²) >= 11 is 7.23. The predicted molar refractivity (Wildman–Crippen MR) is 127 cm³/mol. The molecule has 1 heterocycles. The summed E-state index contributed by atoms with van der Waals surface area (Å²) in [6.45, 7) is 1.14. The number of benzene rings is 1. The Kier molecular flexibility index (Phi) is 7.42. The van der Waals surface area contributed by atoms with E-state index < -0.39 is 42.8 Å². The number of imide groups is 1. The number of carbonyl (C=O) groups is 5. The summed E-state index contributed by atoms with van der Waals surface area (Å²) in [6.07, 6.45) is 1.52. The number of likely N-dealkylation sites (tertiary alicyclic amines) is 1. The summed E-state index contributed by atoms with van der Waals surface area (Å²) in [6, 6.07) is 6.10. The lowest BCUT2D eigenvalue weighted by Gasteiger charge is -2.28. The van der Waals surface area contributed by atoms with Crippen LogP contribution in [-0.4, -0.2) is 64.0 Å². The zero-order chi connectivity index (χ0) is 24.6. The highest BCUT2D eigenvalue weighted by Gasteiger charge is 2.66. The summed E-state index contributed by atoms with van der Waals surface area (Å²) in [7, 11) is 0. The van der Waals surface area contributed by atoms with Gasteiger partial charge in [-0.2, -0.15) is 0 Å². The molecule has 0 spiro atoms. The van der Waals surface area contributed by atoms with Crippen molar-refractivity contribution < 1.29 is 33.4 Å². The van der Waals surface area contributed by atoms with Crippen LogP contribution in [-0.2, 0) is 28.7 Å². The fourth-order valence-corrected chi connectivity index (χ4v) is 6.93. The number of ether oxygens (including phenoxy) is 2. The second-order valence-corrected chi connectivity index (χ2v) is 10.8. The Morgan fingerprint density at radius 3 is 2.15 bits per heavy atom. The van der Waals surface area contributed by atoms with E-state index in [1.165, 1.54) is 24.3 Å². The number of amides is 3. The molecule has 11 heteroatoms. The number of halogens is 2. The fraction of sp³-hybridized carbons (Fsp3) is 0.522. The number of fused-ring (bicyclic) bond motifs is 5. The first-order chi connectivity index (χ1) is 16.2. The maximum absolute atomic E-state index is 12.8. The summed E-state index contributed by atoms with van der Waals surface area (Å²) in [5, 5.41) is 2.55. The number of hydrogen-bond acceptors (Lipinski definition) is 7. The third-order valence-corrected chi connectivity index (χ3v) is 9.78. The molecular weight excluding hydrogens is 576 g/mol. The molecule has 4 rings (SSSR count). The van der Waals surface area contributed by atoms with E-state index in [2.05, 4.69) is 37.2 Å². The van der Waals surface area contributed by atoms with E-state index >= 15 is 0 Å². The van der Waals surface area contributed by atoms with Crippen LogP contribution in [0.2, 0.25) is 0 Å². The summed E-state index contributed by atoms with van der Waals surface area (Å²) in [4.78, 5) is 63.1. The van der Waals surface area contributed by atoms with Crippen LogP contribution in [0.1, 0.15) is 30.1 Å². The van der Waals surface area contributed by atoms with Crippen LogP contribution < -0.4 is 5.32 Å². The molecule has 1 saturated heterocycles. The molecule has 2 saturated carbocycles. The van der Waals surface area contributed by atoms with Gasteiger partial charge < -0.3 is 14.8 Å². The smallest absolute Gasteiger partial charge is 0.338 e. The lowest BCUT2D eigenvalue weighted by atomic mass is 9.81. The Labute approximate surface area is 213 Å². The number of alkyl halides is 2. The van der Waals surface area contributed by atoms with Gasteiger partial charge in [0.2, 0.25) is 11.8 Å². The second-order valence-electron chi connectivity index (χ2n) is 8.69. The minimum absolute atomic E-state index is 0.0579. The predicted octanol–water partition coefficient (Wildman–Crippen LogP) is 2.51. The molecule has 9 nitrogen and oxygen atoms in total. The number of rotatable bonds is 8. The molecule has 182 valence electrons. The molecule has 1 aromatic rings. The molecule has 0 unspecified atom stereocenters. The van der Waals surface area contributed by atoms with Gasteiger partial charge in [-0.1, -0.05) is 38.8 Å². The van der Waals surface area contributed by atoms with Gasteiger partial charge in [-0.05, 0) is 48.9 Å². The monoisotopic (exact) mass is 598 g/mol. The maximum atomic E-state index is 12.8. The molecular formula is C23H24Br2N2O7. The van der Waals surface area contributed by atoms with Crippen LogP contribution in [0.5, 0.6) is 0 Å². The van der Waals surface area contributed by atoms with E-state index in [1.54, 1.807) is 0 Å². The van der Waals surface area contributed by atoms with Crippen LogP contribution in [0.4, 0.5) is 5.69 Å². The van der Waals surface area contributed by atoms with E-state index in [4.69, 9.17) is 9.47 Å². The van der Waals surface area contributed by atoms with Crippen molar-refractivity contribution >= 4 is 67.2 Å². The fourth-order valence-electron chi connectivity index (χ4n) is 5.05. The van der Waals surface area contributed by atoms with Crippen LogP contribution >= 0.6 is 31.9 Å². The number of esters is 2. The van der Waals surface area contributed by atoms with Crippen molar-refractivity contribution in [3.63, 3.8) is 0 Å². The van der Waals surface area contributed by atoms with E-state index in [-0.39, 0.29) is 33.3 Å². The average Bonchev–Trinajstić information content (AvgIpc) is 3.43. The number of anilines is 1. The quantitative estimate of drug-likeness (QED) is 0.277. The molecule has 3 amide bonds. The highest BCUT2D eigenvalue weighted by Crippen LogP contribution is 2.60. The Balaban J connectivity index is 1.25. The van der Waals surface area contributed by atoms with Crippen molar-refractivity contribution in [2.24, 2.45) is 23.7 Å². The summed E-state index contributed by atoms with van der Waals surface area (Å²) in [5.74, 6) is -3.25. The third-order valence-electron chi connectivity index (χ3n) is 6.57. The maximum Gasteiger partial charge on any atom is 0.338 e. The van der Waals surface area contributed by atoms with Gasteiger partial charge in [0.05, 0.1) is 24.0 Å². The van der Waals surface area contributed by atoms with E-state index in [0.717, 1.165) is 17.7 Å². The molecule has 0 radical (unpaired) electrons. The van der Waals surface area contributed by atoms with Crippen LogP contribution in [0, 0.1) is 23.7 Å². The minimum Gasteiger partial charge on any atom is -0.462 e. The zero-order valence-corrected chi connectivity index (χ0v) is 21.5. The number of hydrogen-bond donors (Lipinski definition) is 1. The molecule has 0 aromatic heterocycles. The number of nitrogens with zero attached hydrogens (tertiary/aromatic N) is 1. The van der Waals surface area contributed by atoms with Gasteiger partial charge in [-0.25, -0.2) is 4.79 Å². The van der Waals surface area contributed by atoms with Crippen molar-refractivity contribution in [2.45, 2.75) is 29.4 Å². The summed E-state index contributed by atoms with van der Waals surface area (Å²) < 4.78 is 10.0. The number of carbonyl (C=O) groups excluding carboxylic acids is 5. The lowest BCUT2D eigenvalue weighted by Crippen LogP contribution is -2.38. The Morgan fingerprint density at radius 1 is 1.00 bits per heavy atom. The van der Waals surface area contributed by atoms with Gasteiger partial charge >= 0.3 is 11.9 Å². The van der Waals surface area contributed by atoms with E-state index in [9.17, 15) is 24.0 Å². The first kappa shape index (κ1) is 24.8. The van der Waals surface area contributed by atoms with Crippen molar-refractivity contribution in [3.8, 4) is 0 Å². The molecule has 6 atom stereocenters. The standard InChI is InChI=1S/C23H24Br2N2O7/c1-2-7-33-23(32)11-3-5-12(6-4-11)26-15(28)10-34-16(29)9-27-21(30)17-13-8-14(18(17)22(27)31)20(25)19(13)24/h3-6,13-14,17-20H,2,7-10H2,1H3,(H,26,28)/t13-,14-,17-,18-,19+,20+/m1/s1. The molecule has 3 aliphatic rings. The van der Waals surface area contributed by atoms with Crippen molar-refractivity contribution in [1.29, 1.82) is 0 Å². The lowest BCUT2D eigenvalue weighted by molar-refractivity contribution is -0.154. The molecule has 34 heavy (non-hydrogen) atoms. The largest absolute Gasteiger partial charge is 0.462 e. The Bertz CT molecular complexity index is 983. The van der Waals surface area contributed by atoms with E-state index in [0.29, 0.717) is 17.9 Å². The second kappa shape index (κ2) is 10.2. The van der Waals surface area contributed by atoms with Gasteiger partial charge in [0.1, 0.15) is 6.54 Å². The molecule has 3 fully saturated rings. The van der Waals surface area contributed by atoms with Gasteiger partial charge in [0.15, 0.2) is 6.61 Å². The topological polar surface area (TPSA) is 119 Å². The Hall–Kier alpha value is -2.27. The molecule has 1 N–H and O–H groups in total. The molecule has 2 bridgehead atoms. The minimum atomic E-state index is -0.830. The van der Waals surface area contributed by atoms with Gasteiger partial charge in [0, 0.05) is 15.3 Å². The van der Waals surface area contributed by atoms with Crippen LogP contribution in [0.25, 0.3) is 0 Å². The highest BCUT2D eigenvalue weighted by atomic mass is 79.9. The Morgan fingerprint density at radius 2 is 1.59 bits per heavy atom. The van der Waals surface area contributed by atoms with Gasteiger partial charge in [-0.3, -0.25) is 24.1 Å². The first-order valence-electron chi connectivity index (χ1n) is 11.1. The van der Waals surface area contributed by atoms with Crippen molar-refractivity contribution in [3.05, 3.63) is 29.8 Å². The van der Waals surface area contributed by atoms with Gasteiger partial charge in [-0.15, -0.1) is 0 Å². The molecule has 2 aliphatic carbocycles. The van der Waals surface area contributed by atoms with Crippen LogP contribution in [0.3, 0.4) is 0 Å². The van der Waals surface area contributed by atoms with Gasteiger partial charge in [0.25, 0.3) is 5.91 Å². The van der Waals surface area contributed by atoms with Crippen molar-refractivity contribution in [1.82, 2.24) is 4.90 Å².